The van der Waals surface area contributed by atoms with Crippen molar-refractivity contribution in [3.63, 3.8) is 0 Å². The van der Waals surface area contributed by atoms with E-state index in [-0.39, 0.29) is 45.5 Å². The smallest absolute Gasteiger partial charge is 1.00 e. The fourth-order valence-corrected chi connectivity index (χ4v) is 0. The summed E-state index contributed by atoms with van der Waals surface area (Å²) in [6, 6.07) is 0. The molecule has 0 spiro atoms. The molecule has 0 radical (unpaired) electrons. The van der Waals surface area contributed by atoms with Gasteiger partial charge in [-0.1, -0.05) is 0 Å². The van der Waals surface area contributed by atoms with E-state index in [1.54, 1.807) is 0 Å². The van der Waals surface area contributed by atoms with Crippen LogP contribution in [0.5, 0.6) is 0 Å². The van der Waals surface area contributed by atoms with Gasteiger partial charge in [-0.05, 0) is 0 Å². The minimum Gasteiger partial charge on any atom is -1.00 e. The average Bonchev–Trinajstić information content (AvgIpc) is 0.918. The first kappa shape index (κ1) is 27.0. The summed E-state index contributed by atoms with van der Waals surface area (Å²) in [4.78, 5) is 0. The molecule has 0 atom stereocenters. The Balaban J connectivity index is -0.00000000667. The van der Waals surface area contributed by atoms with Gasteiger partial charge in [-0.2, -0.15) is 13.8 Å². The molecule has 0 amide bonds. The predicted molar refractivity (Wildman–Crippen MR) is 25.0 cm³/mol. The summed E-state index contributed by atoms with van der Waals surface area (Å²) in [6.45, 7) is 4.00. The largest absolute Gasteiger partial charge is 2.00 e. The fraction of sp³-hybridized carbons (Fsp3) is 0.667. The number of hydrogen-bond acceptors (Lipinski definition) is 0. The molecule has 0 aliphatic carbocycles. The van der Waals surface area contributed by atoms with Gasteiger partial charge < -0.3 is 28.9 Å². The normalized spacial score (nSPS) is 3.00. The Hall–Kier alpha value is 1.21. The fourth-order valence-electron chi connectivity index (χ4n) is 0. The molecular formula is C3H9BrMgO. The van der Waals surface area contributed by atoms with Gasteiger partial charge in [-0.25, -0.2) is 0 Å². The van der Waals surface area contributed by atoms with Crippen LogP contribution < -0.4 is 17.0 Å². The van der Waals surface area contributed by atoms with Crippen molar-refractivity contribution in [3.05, 3.63) is 6.42 Å². The molecule has 36 valence electrons. The van der Waals surface area contributed by atoms with Crippen molar-refractivity contribution in [1.29, 1.82) is 0 Å². The van der Waals surface area contributed by atoms with E-state index in [4.69, 9.17) is 0 Å². The van der Waals surface area contributed by atoms with Crippen LogP contribution in [0.15, 0.2) is 0 Å². The molecule has 2 N–H and O–H groups in total. The second-order valence-electron chi connectivity index (χ2n) is 0.577. The molecule has 0 unspecified atom stereocenters. The van der Waals surface area contributed by atoms with Crippen LogP contribution in [0.3, 0.4) is 0 Å². The van der Waals surface area contributed by atoms with Crippen LogP contribution in [-0.4, -0.2) is 28.5 Å². The summed E-state index contributed by atoms with van der Waals surface area (Å²) in [5, 5.41) is 0. The van der Waals surface area contributed by atoms with Crippen molar-refractivity contribution in [2.24, 2.45) is 0 Å². The van der Waals surface area contributed by atoms with Crippen LogP contribution in [0.2, 0.25) is 0 Å². The molecule has 3 heteroatoms. The first-order chi connectivity index (χ1) is 1.41. The van der Waals surface area contributed by atoms with E-state index in [2.05, 4.69) is 0 Å². The predicted octanol–water partition coefficient (Wildman–Crippen LogP) is -2.97. The summed E-state index contributed by atoms with van der Waals surface area (Å²) in [5.74, 6) is 0. The van der Waals surface area contributed by atoms with Gasteiger partial charge in [0.15, 0.2) is 0 Å². The zero-order chi connectivity index (χ0) is 2.71. The van der Waals surface area contributed by atoms with E-state index >= 15 is 0 Å². The van der Waals surface area contributed by atoms with Crippen molar-refractivity contribution in [2.75, 3.05) is 0 Å². The first-order valence-electron chi connectivity index (χ1n) is 1.15. The quantitative estimate of drug-likeness (QED) is 0.271. The van der Waals surface area contributed by atoms with Gasteiger partial charge in [-0.3, -0.25) is 0 Å². The maximum absolute atomic E-state index is 2.00. The molecule has 0 aromatic carbocycles. The standard InChI is InChI=1S/C3H7.BrH.Mg.H2O/c1-3-2;;;/h3H,1-2H3;1H;;1H2/q-1;;+2;/p-1. The molecule has 0 aliphatic heterocycles. The summed E-state index contributed by atoms with van der Waals surface area (Å²) in [5.41, 5.74) is 0. The third kappa shape index (κ3) is 63.3. The summed E-state index contributed by atoms with van der Waals surface area (Å²) in [7, 11) is 0. The Bertz CT molecular complexity index is 10.8. The van der Waals surface area contributed by atoms with E-state index in [9.17, 15) is 0 Å². The average molecular weight is 165 g/mol. The topological polar surface area (TPSA) is 31.5 Å². The van der Waals surface area contributed by atoms with Gasteiger partial charge >= 0.3 is 23.1 Å². The van der Waals surface area contributed by atoms with Gasteiger partial charge in [0.25, 0.3) is 0 Å². The Morgan fingerprint density at radius 1 is 1.17 bits per heavy atom. The maximum atomic E-state index is 2.00. The van der Waals surface area contributed by atoms with E-state index < -0.39 is 0 Å². The van der Waals surface area contributed by atoms with Crippen LogP contribution >= 0.6 is 0 Å². The first-order valence-corrected chi connectivity index (χ1v) is 1.15. The molecule has 0 aromatic heterocycles. The third-order valence-electron chi connectivity index (χ3n) is 0. The Morgan fingerprint density at radius 3 is 1.17 bits per heavy atom. The van der Waals surface area contributed by atoms with Crippen molar-refractivity contribution >= 4 is 23.1 Å². The molecule has 0 bridgehead atoms. The van der Waals surface area contributed by atoms with Gasteiger partial charge in [0.05, 0.1) is 0 Å². The van der Waals surface area contributed by atoms with E-state index in [0.29, 0.717) is 0 Å². The van der Waals surface area contributed by atoms with E-state index in [1.165, 1.54) is 0 Å². The maximum Gasteiger partial charge on any atom is 2.00 e. The van der Waals surface area contributed by atoms with Crippen molar-refractivity contribution in [3.8, 4) is 0 Å². The number of rotatable bonds is 0. The van der Waals surface area contributed by atoms with E-state index in [0.717, 1.165) is 0 Å². The molecule has 0 saturated heterocycles. The Labute approximate surface area is 65.7 Å². The Kier molecular flexibility index (Phi) is 156. The van der Waals surface area contributed by atoms with Crippen LogP contribution in [0.4, 0.5) is 0 Å². The van der Waals surface area contributed by atoms with Crippen LogP contribution in [-0.2, 0) is 0 Å². The van der Waals surface area contributed by atoms with Gasteiger partial charge in [-0.15, -0.1) is 0 Å². The SMILES string of the molecule is C[CH-]C.O.[Br-].[Mg+2]. The number of hydrogen-bond donors (Lipinski definition) is 0. The minimum atomic E-state index is 0. The van der Waals surface area contributed by atoms with Gasteiger partial charge in [0.2, 0.25) is 0 Å². The molecular weight excluding hydrogens is 156 g/mol. The molecule has 0 fully saturated rings. The second kappa shape index (κ2) is 34.6. The molecule has 1 nitrogen and oxygen atoms in total. The van der Waals surface area contributed by atoms with E-state index in [1.807, 2.05) is 20.3 Å². The molecule has 0 aromatic rings. The number of halogens is 1. The minimum absolute atomic E-state index is 0. The van der Waals surface area contributed by atoms with Crippen LogP contribution in [0.1, 0.15) is 13.8 Å². The van der Waals surface area contributed by atoms with Crippen molar-refractivity contribution in [1.82, 2.24) is 0 Å². The van der Waals surface area contributed by atoms with Crippen LogP contribution in [0.25, 0.3) is 0 Å². The molecule has 0 heterocycles. The molecule has 0 rings (SSSR count). The zero-order valence-electron chi connectivity index (χ0n) is 4.16. The summed E-state index contributed by atoms with van der Waals surface area (Å²) in [6.07, 6.45) is 2.00. The zero-order valence-corrected chi connectivity index (χ0v) is 7.16. The third-order valence-corrected chi connectivity index (χ3v) is 0. The van der Waals surface area contributed by atoms with Gasteiger partial charge in [0.1, 0.15) is 0 Å². The summed E-state index contributed by atoms with van der Waals surface area (Å²) >= 11 is 0. The Morgan fingerprint density at radius 2 is 1.17 bits per heavy atom. The van der Waals surface area contributed by atoms with Crippen LogP contribution in [0, 0.1) is 6.42 Å². The second-order valence-corrected chi connectivity index (χ2v) is 0.577. The monoisotopic (exact) mass is 164 g/mol. The van der Waals surface area contributed by atoms with Crippen molar-refractivity contribution < 1.29 is 22.5 Å². The van der Waals surface area contributed by atoms with Gasteiger partial charge in [0, 0.05) is 0 Å². The van der Waals surface area contributed by atoms with Crippen molar-refractivity contribution in [2.45, 2.75) is 13.8 Å². The molecule has 0 saturated carbocycles. The summed E-state index contributed by atoms with van der Waals surface area (Å²) < 4.78 is 0. The molecule has 0 aliphatic rings. The molecule has 6 heavy (non-hydrogen) atoms.